The van der Waals surface area contributed by atoms with Crippen molar-refractivity contribution in [1.29, 1.82) is 0 Å². The van der Waals surface area contributed by atoms with Crippen LogP contribution in [0.1, 0.15) is 63.9 Å². The van der Waals surface area contributed by atoms with Crippen LogP contribution in [0, 0.1) is 5.92 Å². The normalized spacial score (nSPS) is 35.6. The van der Waals surface area contributed by atoms with Gasteiger partial charge in [-0.25, -0.2) is 0 Å². The number of quaternary nitrogens is 1. The second kappa shape index (κ2) is 7.79. The van der Waals surface area contributed by atoms with Gasteiger partial charge in [0.2, 0.25) is 0 Å². The highest BCUT2D eigenvalue weighted by atomic mass is 16.5. The van der Waals surface area contributed by atoms with E-state index in [4.69, 9.17) is 4.74 Å². The Bertz CT molecular complexity index is 682. The predicted octanol–water partition coefficient (Wildman–Crippen LogP) is 4.96. The van der Waals surface area contributed by atoms with Gasteiger partial charge >= 0.3 is 5.97 Å². The number of nitrogens with zero attached hydrogens (tertiary/aromatic N) is 1. The molecular formula is C24H34NO2+. The first-order chi connectivity index (χ1) is 13.1. The second-order valence-electron chi connectivity index (χ2n) is 8.99. The van der Waals surface area contributed by atoms with E-state index in [1.54, 1.807) is 0 Å². The lowest BCUT2D eigenvalue weighted by molar-refractivity contribution is -0.947. The molecule has 3 unspecified atom stereocenters. The van der Waals surface area contributed by atoms with Crippen molar-refractivity contribution >= 4 is 11.5 Å². The molecule has 3 aliphatic rings. The van der Waals surface area contributed by atoms with Crippen LogP contribution in [-0.4, -0.2) is 42.2 Å². The molecule has 2 fully saturated rings. The van der Waals surface area contributed by atoms with Crippen LogP contribution >= 0.6 is 0 Å². The highest BCUT2D eigenvalue weighted by Gasteiger charge is 2.51. The zero-order valence-corrected chi connectivity index (χ0v) is 16.9. The van der Waals surface area contributed by atoms with Gasteiger partial charge in [0.25, 0.3) is 0 Å². The fourth-order valence-corrected chi connectivity index (χ4v) is 5.88. The molecule has 27 heavy (non-hydrogen) atoms. The van der Waals surface area contributed by atoms with Gasteiger partial charge in [0, 0.05) is 25.7 Å². The highest BCUT2D eigenvalue weighted by Crippen LogP contribution is 2.42. The van der Waals surface area contributed by atoms with Gasteiger partial charge in [0.1, 0.15) is 6.10 Å². The summed E-state index contributed by atoms with van der Waals surface area (Å²) in [5, 5.41) is 0. The van der Waals surface area contributed by atoms with Crippen molar-refractivity contribution < 1.29 is 14.0 Å². The number of allylic oxidation sites excluding steroid dienone is 2. The Kier molecular flexibility index (Phi) is 5.41. The van der Waals surface area contributed by atoms with Gasteiger partial charge in [0.15, 0.2) is 0 Å². The minimum Gasteiger partial charge on any atom is -0.462 e. The number of ether oxygens (including phenoxy) is 1. The zero-order chi connectivity index (χ0) is 18.9. The lowest BCUT2D eigenvalue weighted by atomic mass is 9.82. The summed E-state index contributed by atoms with van der Waals surface area (Å²) in [6, 6.07) is 11.9. The number of fused-ring (bicyclic) bond motifs is 2. The second-order valence-corrected chi connectivity index (χ2v) is 8.99. The Balaban J connectivity index is 1.37. The predicted molar refractivity (Wildman–Crippen MR) is 109 cm³/mol. The van der Waals surface area contributed by atoms with Crippen molar-refractivity contribution in [3.8, 4) is 0 Å². The van der Waals surface area contributed by atoms with Crippen LogP contribution in [0.25, 0.3) is 5.57 Å². The van der Waals surface area contributed by atoms with Gasteiger partial charge in [-0.15, -0.1) is 0 Å². The molecule has 0 N–H and O–H groups in total. The SMILES string of the molecule is CC[N+]1(C)[C@@H]2CC[C@H]1CC(OC(=O)CC1CCCC=C1c1ccccc1)C2. The molecule has 1 aromatic carbocycles. The van der Waals surface area contributed by atoms with Crippen LogP contribution in [0.3, 0.4) is 0 Å². The molecule has 0 saturated carbocycles. The van der Waals surface area contributed by atoms with E-state index < -0.39 is 0 Å². The third-order valence-electron chi connectivity index (χ3n) is 7.63. The molecule has 1 aromatic rings. The van der Waals surface area contributed by atoms with E-state index in [0.717, 1.165) is 25.7 Å². The monoisotopic (exact) mass is 368 g/mol. The molecule has 2 heterocycles. The molecule has 2 aliphatic heterocycles. The fourth-order valence-electron chi connectivity index (χ4n) is 5.88. The Morgan fingerprint density at radius 3 is 2.48 bits per heavy atom. The number of piperidine rings is 1. The summed E-state index contributed by atoms with van der Waals surface area (Å²) in [6.45, 7) is 3.50. The van der Waals surface area contributed by atoms with E-state index >= 15 is 0 Å². The fraction of sp³-hybridized carbons (Fsp3) is 0.625. The third kappa shape index (κ3) is 3.71. The molecular weight excluding hydrogens is 334 g/mol. The molecule has 0 aromatic heterocycles. The Labute approximate surface area is 164 Å². The molecule has 0 spiro atoms. The van der Waals surface area contributed by atoms with Crippen LogP contribution in [0.2, 0.25) is 0 Å². The number of carbonyl (C=O) groups is 1. The molecule has 146 valence electrons. The molecule has 2 saturated heterocycles. The van der Waals surface area contributed by atoms with Crippen molar-refractivity contribution in [3.05, 3.63) is 42.0 Å². The summed E-state index contributed by atoms with van der Waals surface area (Å²) in [4.78, 5) is 12.8. The van der Waals surface area contributed by atoms with Gasteiger partial charge in [-0.05, 0) is 43.2 Å². The van der Waals surface area contributed by atoms with E-state index in [9.17, 15) is 4.79 Å². The maximum Gasteiger partial charge on any atom is 0.306 e. The lowest BCUT2D eigenvalue weighted by Crippen LogP contribution is -2.58. The highest BCUT2D eigenvalue weighted by molar-refractivity contribution is 5.76. The van der Waals surface area contributed by atoms with Gasteiger partial charge in [0.05, 0.1) is 32.1 Å². The first-order valence-corrected chi connectivity index (χ1v) is 10.9. The number of hydrogen-bond donors (Lipinski definition) is 0. The first kappa shape index (κ1) is 18.7. The van der Waals surface area contributed by atoms with Crippen LogP contribution in [0.5, 0.6) is 0 Å². The van der Waals surface area contributed by atoms with Crippen molar-refractivity contribution in [1.82, 2.24) is 0 Å². The van der Waals surface area contributed by atoms with Crippen LogP contribution in [-0.2, 0) is 9.53 Å². The minimum absolute atomic E-state index is 0.0146. The smallest absolute Gasteiger partial charge is 0.306 e. The van der Waals surface area contributed by atoms with Gasteiger partial charge in [-0.1, -0.05) is 36.4 Å². The number of carbonyl (C=O) groups excluding carboxylic acids is 1. The Morgan fingerprint density at radius 2 is 1.81 bits per heavy atom. The minimum atomic E-state index is 0.0146. The molecule has 2 bridgehead atoms. The largest absolute Gasteiger partial charge is 0.462 e. The summed E-state index contributed by atoms with van der Waals surface area (Å²) in [6.07, 6.45) is 11.1. The van der Waals surface area contributed by atoms with Crippen LogP contribution in [0.15, 0.2) is 36.4 Å². The van der Waals surface area contributed by atoms with E-state index in [2.05, 4.69) is 50.4 Å². The molecule has 0 amide bonds. The molecule has 1 aliphatic carbocycles. The summed E-state index contributed by atoms with van der Waals surface area (Å²) in [5.41, 5.74) is 2.61. The van der Waals surface area contributed by atoms with E-state index in [-0.39, 0.29) is 12.1 Å². The van der Waals surface area contributed by atoms with Crippen molar-refractivity contribution in [2.24, 2.45) is 5.92 Å². The Morgan fingerprint density at radius 1 is 1.11 bits per heavy atom. The Hall–Kier alpha value is -1.61. The molecule has 0 radical (unpaired) electrons. The maximum absolute atomic E-state index is 12.8. The van der Waals surface area contributed by atoms with Crippen LogP contribution < -0.4 is 0 Å². The number of rotatable bonds is 5. The van der Waals surface area contributed by atoms with Crippen molar-refractivity contribution in [2.45, 2.75) is 76.5 Å². The summed E-state index contributed by atoms with van der Waals surface area (Å²) in [5.74, 6) is 0.325. The third-order valence-corrected chi connectivity index (χ3v) is 7.63. The quantitative estimate of drug-likeness (QED) is 0.542. The summed E-state index contributed by atoms with van der Waals surface area (Å²) in [7, 11) is 2.40. The average Bonchev–Trinajstić information content (AvgIpc) is 2.85. The van der Waals surface area contributed by atoms with Crippen LogP contribution in [0.4, 0.5) is 0 Å². The van der Waals surface area contributed by atoms with Crippen molar-refractivity contribution in [2.75, 3.05) is 13.6 Å². The number of esters is 1. The van der Waals surface area contributed by atoms with Gasteiger partial charge < -0.3 is 9.22 Å². The summed E-state index contributed by atoms with van der Waals surface area (Å²) >= 11 is 0. The van der Waals surface area contributed by atoms with Gasteiger partial charge in [-0.3, -0.25) is 4.79 Å². The lowest BCUT2D eigenvalue weighted by Gasteiger charge is -2.46. The molecule has 3 nitrogen and oxygen atoms in total. The first-order valence-electron chi connectivity index (χ1n) is 10.9. The number of benzene rings is 1. The summed E-state index contributed by atoms with van der Waals surface area (Å²) < 4.78 is 7.21. The maximum atomic E-state index is 12.8. The van der Waals surface area contributed by atoms with Crippen molar-refractivity contribution in [3.63, 3.8) is 0 Å². The standard InChI is InChI=1S/C24H34NO2/c1-3-25(2)20-13-14-21(25)17-22(16-20)27-24(26)15-19-11-7-8-12-23(19)18-9-5-4-6-10-18/h4-6,9-10,12,19-22H,3,7-8,11,13-17H2,1-2H3/q+1/t19?,20-,21+,22?,25?. The topological polar surface area (TPSA) is 26.3 Å². The molecule has 4 rings (SSSR count). The van der Waals surface area contributed by atoms with E-state index in [1.165, 1.54) is 41.4 Å². The zero-order valence-electron chi connectivity index (χ0n) is 16.9. The number of hydrogen-bond acceptors (Lipinski definition) is 2. The molecule has 3 heteroatoms. The van der Waals surface area contributed by atoms with E-state index in [1.807, 2.05) is 0 Å². The molecule has 5 atom stereocenters. The van der Waals surface area contributed by atoms with E-state index in [0.29, 0.717) is 24.4 Å². The average molecular weight is 369 g/mol. The van der Waals surface area contributed by atoms with Gasteiger partial charge in [-0.2, -0.15) is 0 Å².